The van der Waals surface area contributed by atoms with Gasteiger partial charge in [-0.1, -0.05) is 0 Å². The van der Waals surface area contributed by atoms with Crippen LogP contribution in [0, 0.1) is 11.3 Å². The van der Waals surface area contributed by atoms with E-state index in [4.69, 9.17) is 15.7 Å². The van der Waals surface area contributed by atoms with E-state index >= 15 is 0 Å². The number of hydrogen-bond acceptors (Lipinski definition) is 8. The average Bonchev–Trinajstić information content (AvgIpc) is 3.15. The van der Waals surface area contributed by atoms with Crippen LogP contribution in [0.4, 0.5) is 11.5 Å². The molecule has 0 amide bonds. The first-order chi connectivity index (χ1) is 12.2. The van der Waals surface area contributed by atoms with Crippen LogP contribution in [-0.2, 0) is 13.0 Å². The summed E-state index contributed by atoms with van der Waals surface area (Å²) in [4.78, 5) is 15.0. The molecule has 1 atom stereocenters. The highest BCUT2D eigenvalue weighted by Gasteiger charge is 2.25. The van der Waals surface area contributed by atoms with Gasteiger partial charge in [0.25, 0.3) is 0 Å². The zero-order valence-corrected chi connectivity index (χ0v) is 13.8. The minimum Gasteiger partial charge on any atom is -0.473 e. The van der Waals surface area contributed by atoms with E-state index in [1.807, 2.05) is 0 Å². The highest BCUT2D eigenvalue weighted by atomic mass is 16.5. The molecule has 2 aromatic heterocycles. The number of hydrogen-bond donors (Lipinski definition) is 2. The number of nitriles is 1. The number of ether oxygens (including phenoxy) is 1. The maximum atomic E-state index is 9.17. The molecule has 2 aliphatic rings. The van der Waals surface area contributed by atoms with Crippen LogP contribution in [-0.4, -0.2) is 40.7 Å². The Labute approximate surface area is 145 Å². The fraction of sp³-hybridized carbons (Fsp3) is 0.412. The molecular formula is C17H19N7O. The average molecular weight is 337 g/mol. The normalized spacial score (nSPS) is 19.3. The van der Waals surface area contributed by atoms with Crippen molar-refractivity contribution in [1.29, 1.82) is 5.26 Å². The summed E-state index contributed by atoms with van der Waals surface area (Å²) in [5.74, 6) is 0.914. The second-order valence-electron chi connectivity index (χ2n) is 6.25. The first-order valence-corrected chi connectivity index (χ1v) is 8.35. The number of fused-ring (bicyclic) bond motifs is 1. The number of aromatic nitrogens is 3. The molecule has 25 heavy (non-hydrogen) atoms. The van der Waals surface area contributed by atoms with Crippen molar-refractivity contribution in [2.24, 2.45) is 0 Å². The van der Waals surface area contributed by atoms with E-state index < -0.39 is 0 Å². The number of nitrogen functional groups attached to an aromatic ring is 1. The Bertz CT molecular complexity index is 826. The smallest absolute Gasteiger partial charge is 0.222 e. The number of nitrogens with zero attached hydrogens (tertiary/aromatic N) is 5. The molecule has 128 valence electrons. The van der Waals surface area contributed by atoms with E-state index in [-0.39, 0.29) is 11.9 Å². The van der Waals surface area contributed by atoms with E-state index in [2.05, 4.69) is 31.2 Å². The van der Waals surface area contributed by atoms with Gasteiger partial charge in [0.1, 0.15) is 24.3 Å². The van der Waals surface area contributed by atoms with Crippen molar-refractivity contribution in [2.75, 3.05) is 30.3 Å². The van der Waals surface area contributed by atoms with Crippen molar-refractivity contribution < 1.29 is 4.74 Å². The van der Waals surface area contributed by atoms with Crippen molar-refractivity contribution in [3.05, 3.63) is 35.4 Å². The zero-order valence-electron chi connectivity index (χ0n) is 13.8. The highest BCUT2D eigenvalue weighted by molar-refractivity contribution is 5.59. The fourth-order valence-electron chi connectivity index (χ4n) is 3.25. The standard InChI is InChI=1S/C17H19N7O/c18-6-11-5-12(7-21-16(11)19)24-4-2-15-14(9-24)17(23-10-22-15)25-13-1-3-20-8-13/h5,7,10,13,20H,1-4,8-9H2,(H2,19,21). The summed E-state index contributed by atoms with van der Waals surface area (Å²) < 4.78 is 6.09. The molecule has 0 saturated carbocycles. The Morgan fingerprint density at radius 3 is 3.08 bits per heavy atom. The predicted molar refractivity (Wildman–Crippen MR) is 92.1 cm³/mol. The van der Waals surface area contributed by atoms with Crippen LogP contribution in [0.2, 0.25) is 0 Å². The van der Waals surface area contributed by atoms with Gasteiger partial charge in [0.05, 0.1) is 35.2 Å². The van der Waals surface area contributed by atoms with E-state index in [1.54, 1.807) is 18.6 Å². The zero-order chi connectivity index (χ0) is 17.2. The Kier molecular flexibility index (Phi) is 4.07. The Balaban J connectivity index is 1.60. The summed E-state index contributed by atoms with van der Waals surface area (Å²) in [5.41, 5.74) is 9.02. The van der Waals surface area contributed by atoms with Gasteiger partial charge >= 0.3 is 0 Å². The molecule has 8 nitrogen and oxygen atoms in total. The van der Waals surface area contributed by atoms with Gasteiger partial charge in [-0.3, -0.25) is 0 Å². The Morgan fingerprint density at radius 2 is 2.28 bits per heavy atom. The number of pyridine rings is 1. The second kappa shape index (κ2) is 6.53. The molecule has 4 heterocycles. The number of anilines is 2. The van der Waals surface area contributed by atoms with Crippen LogP contribution in [0.25, 0.3) is 0 Å². The van der Waals surface area contributed by atoms with Gasteiger partial charge in [-0.2, -0.15) is 5.26 Å². The largest absolute Gasteiger partial charge is 0.473 e. The van der Waals surface area contributed by atoms with E-state index in [0.29, 0.717) is 18.0 Å². The molecule has 0 radical (unpaired) electrons. The molecular weight excluding hydrogens is 318 g/mol. The lowest BCUT2D eigenvalue weighted by Crippen LogP contribution is -2.32. The molecule has 2 aliphatic heterocycles. The van der Waals surface area contributed by atoms with E-state index in [0.717, 1.165) is 49.4 Å². The first kappa shape index (κ1) is 15.6. The van der Waals surface area contributed by atoms with Crippen molar-refractivity contribution in [3.63, 3.8) is 0 Å². The molecule has 2 aromatic rings. The van der Waals surface area contributed by atoms with Gasteiger partial charge in [-0.15, -0.1) is 0 Å². The van der Waals surface area contributed by atoms with Crippen LogP contribution in [0.5, 0.6) is 5.88 Å². The van der Waals surface area contributed by atoms with Gasteiger partial charge in [-0.05, 0) is 19.0 Å². The molecule has 1 fully saturated rings. The minimum absolute atomic E-state index is 0.151. The lowest BCUT2D eigenvalue weighted by Gasteiger charge is -2.31. The third-order valence-electron chi connectivity index (χ3n) is 4.65. The lowest BCUT2D eigenvalue weighted by atomic mass is 10.1. The first-order valence-electron chi connectivity index (χ1n) is 8.35. The molecule has 0 aliphatic carbocycles. The third kappa shape index (κ3) is 3.06. The summed E-state index contributed by atoms with van der Waals surface area (Å²) in [5, 5.41) is 12.5. The minimum atomic E-state index is 0.151. The maximum absolute atomic E-state index is 9.17. The molecule has 1 unspecified atom stereocenters. The van der Waals surface area contributed by atoms with E-state index in [1.165, 1.54) is 0 Å². The molecule has 0 bridgehead atoms. The third-order valence-corrected chi connectivity index (χ3v) is 4.65. The second-order valence-corrected chi connectivity index (χ2v) is 6.25. The summed E-state index contributed by atoms with van der Waals surface area (Å²) >= 11 is 0. The molecule has 0 aromatic carbocycles. The van der Waals surface area contributed by atoms with Crippen molar-refractivity contribution in [3.8, 4) is 11.9 Å². The molecule has 0 spiro atoms. The summed E-state index contributed by atoms with van der Waals surface area (Å²) in [6.45, 7) is 3.24. The van der Waals surface area contributed by atoms with Crippen molar-refractivity contribution in [2.45, 2.75) is 25.5 Å². The summed E-state index contributed by atoms with van der Waals surface area (Å²) in [6.07, 6.45) is 5.20. The van der Waals surface area contributed by atoms with Crippen LogP contribution < -0.4 is 20.7 Å². The van der Waals surface area contributed by atoms with Crippen LogP contribution in [0.1, 0.15) is 23.2 Å². The van der Waals surface area contributed by atoms with Gasteiger partial charge in [0.2, 0.25) is 5.88 Å². The molecule has 1 saturated heterocycles. The van der Waals surface area contributed by atoms with Crippen LogP contribution in [0.3, 0.4) is 0 Å². The van der Waals surface area contributed by atoms with Gasteiger partial charge in [0, 0.05) is 19.5 Å². The Hall–Kier alpha value is -2.92. The van der Waals surface area contributed by atoms with Crippen molar-refractivity contribution in [1.82, 2.24) is 20.3 Å². The lowest BCUT2D eigenvalue weighted by molar-refractivity contribution is 0.210. The van der Waals surface area contributed by atoms with Gasteiger partial charge in [-0.25, -0.2) is 15.0 Å². The number of nitrogens with two attached hydrogens (primary N) is 1. The maximum Gasteiger partial charge on any atom is 0.222 e. The topological polar surface area (TPSA) is 113 Å². The van der Waals surface area contributed by atoms with E-state index in [9.17, 15) is 0 Å². The fourth-order valence-corrected chi connectivity index (χ4v) is 3.25. The monoisotopic (exact) mass is 337 g/mol. The number of nitrogens with one attached hydrogen (secondary N) is 1. The predicted octanol–water partition coefficient (Wildman–Crippen LogP) is 0.629. The number of rotatable bonds is 3. The quantitative estimate of drug-likeness (QED) is 0.838. The molecule has 3 N–H and O–H groups in total. The highest BCUT2D eigenvalue weighted by Crippen LogP contribution is 2.29. The van der Waals surface area contributed by atoms with Crippen LogP contribution in [0.15, 0.2) is 18.6 Å². The van der Waals surface area contributed by atoms with Gasteiger partial charge < -0.3 is 20.7 Å². The summed E-state index contributed by atoms with van der Waals surface area (Å²) in [6, 6.07) is 3.86. The SMILES string of the molecule is N#Cc1cc(N2CCc3ncnc(OC4CCNC4)c3C2)cnc1N. The van der Waals surface area contributed by atoms with Crippen LogP contribution >= 0.6 is 0 Å². The summed E-state index contributed by atoms with van der Waals surface area (Å²) in [7, 11) is 0. The van der Waals surface area contributed by atoms with Gasteiger partial charge in [0.15, 0.2) is 0 Å². The van der Waals surface area contributed by atoms with Crippen molar-refractivity contribution >= 4 is 11.5 Å². The molecule has 8 heteroatoms. The molecule has 4 rings (SSSR count). The Morgan fingerprint density at radius 1 is 1.36 bits per heavy atom.